The van der Waals surface area contributed by atoms with Crippen LogP contribution in [0.25, 0.3) is 0 Å². The molecular formula is C26H25Br2NO4S. The van der Waals surface area contributed by atoms with E-state index in [0.29, 0.717) is 15.6 Å². The van der Waals surface area contributed by atoms with Gasteiger partial charge in [0.2, 0.25) is 10.0 Å². The summed E-state index contributed by atoms with van der Waals surface area (Å²) >= 11 is 6.89. The van der Waals surface area contributed by atoms with Gasteiger partial charge >= 0.3 is 5.97 Å². The molecule has 0 saturated heterocycles. The first-order chi connectivity index (χ1) is 16.2. The topological polar surface area (TPSA) is 72.5 Å². The largest absolute Gasteiger partial charge is 0.462 e. The lowest BCUT2D eigenvalue weighted by molar-refractivity contribution is 0.0525. The number of carbonyl (C=O) groups excluding carboxylic acids is 1. The second-order valence-electron chi connectivity index (χ2n) is 8.39. The van der Waals surface area contributed by atoms with Crippen molar-refractivity contribution >= 4 is 47.9 Å². The fraction of sp³-hybridized carbons (Fsp3) is 0.269. The second-order valence-corrected chi connectivity index (χ2v) is 11.8. The highest BCUT2D eigenvalue weighted by Gasteiger charge is 2.46. The maximum absolute atomic E-state index is 13.6. The third-order valence-electron chi connectivity index (χ3n) is 6.05. The molecule has 3 unspecified atom stereocenters. The maximum Gasteiger partial charge on any atom is 0.338 e. The molecule has 3 aromatic rings. The smallest absolute Gasteiger partial charge is 0.338 e. The molecule has 3 aromatic carbocycles. The lowest BCUT2D eigenvalue weighted by atomic mass is 10.00. The summed E-state index contributed by atoms with van der Waals surface area (Å²) in [5, 5.41) is 0. The number of hydrogen-bond acceptors (Lipinski definition) is 4. The summed E-state index contributed by atoms with van der Waals surface area (Å²) < 4.78 is 36.5. The molecule has 0 heterocycles. The van der Waals surface area contributed by atoms with Crippen molar-refractivity contribution in [3.8, 4) is 0 Å². The summed E-state index contributed by atoms with van der Waals surface area (Å²) in [7, 11) is -3.89. The Hall–Kier alpha value is -2.00. The van der Waals surface area contributed by atoms with Crippen molar-refractivity contribution in [3.63, 3.8) is 0 Å². The summed E-state index contributed by atoms with van der Waals surface area (Å²) in [6, 6.07) is 20.5. The fourth-order valence-electron chi connectivity index (χ4n) is 4.29. The number of esters is 1. The molecule has 0 radical (unpaired) electrons. The number of rotatable bonds is 8. The summed E-state index contributed by atoms with van der Waals surface area (Å²) in [6.07, 6.45) is 0.889. The molecule has 1 fully saturated rings. The van der Waals surface area contributed by atoms with E-state index in [1.165, 1.54) is 17.7 Å². The molecule has 178 valence electrons. The third kappa shape index (κ3) is 5.46. The van der Waals surface area contributed by atoms with Crippen LogP contribution in [0.4, 0.5) is 0 Å². The van der Waals surface area contributed by atoms with Gasteiger partial charge in [0.05, 0.1) is 23.1 Å². The van der Waals surface area contributed by atoms with Gasteiger partial charge in [0.15, 0.2) is 0 Å². The first-order valence-electron chi connectivity index (χ1n) is 11.0. The molecule has 0 amide bonds. The number of aryl methyl sites for hydroxylation is 1. The van der Waals surface area contributed by atoms with Gasteiger partial charge < -0.3 is 4.74 Å². The number of ether oxygens (including phenoxy) is 1. The van der Waals surface area contributed by atoms with Gasteiger partial charge in [0.1, 0.15) is 0 Å². The van der Waals surface area contributed by atoms with Crippen LogP contribution in [0, 0.1) is 12.8 Å². The molecule has 1 aliphatic carbocycles. The predicted molar refractivity (Wildman–Crippen MR) is 139 cm³/mol. The number of hydrogen-bond donors (Lipinski definition) is 1. The van der Waals surface area contributed by atoms with Gasteiger partial charge in [0, 0.05) is 8.95 Å². The number of nitrogens with one attached hydrogen (secondary N) is 1. The molecule has 0 aliphatic heterocycles. The van der Waals surface area contributed by atoms with Gasteiger partial charge in [-0.2, -0.15) is 0 Å². The van der Waals surface area contributed by atoms with Crippen LogP contribution in [0.15, 0.2) is 80.6 Å². The van der Waals surface area contributed by atoms with Crippen LogP contribution in [0.5, 0.6) is 0 Å². The van der Waals surface area contributed by atoms with E-state index in [9.17, 15) is 13.2 Å². The Morgan fingerprint density at radius 2 is 1.82 bits per heavy atom. The van der Waals surface area contributed by atoms with Crippen LogP contribution in [0.3, 0.4) is 0 Å². The molecule has 1 N–H and O–H groups in total. The van der Waals surface area contributed by atoms with Crippen molar-refractivity contribution in [2.24, 2.45) is 5.92 Å². The first kappa shape index (κ1) is 25.1. The van der Waals surface area contributed by atoms with E-state index in [1.807, 2.05) is 42.5 Å². The minimum atomic E-state index is -3.89. The van der Waals surface area contributed by atoms with Crippen LogP contribution >= 0.6 is 31.9 Å². The molecule has 0 spiro atoms. The average molecular weight is 607 g/mol. The lowest BCUT2D eigenvalue weighted by Crippen LogP contribution is -2.31. The summed E-state index contributed by atoms with van der Waals surface area (Å²) in [4.78, 5) is 12.3. The Bertz CT molecular complexity index is 1310. The zero-order valence-electron chi connectivity index (χ0n) is 18.8. The van der Waals surface area contributed by atoms with E-state index in [4.69, 9.17) is 4.74 Å². The maximum atomic E-state index is 13.6. The van der Waals surface area contributed by atoms with Crippen LogP contribution in [0.2, 0.25) is 0 Å². The zero-order chi connectivity index (χ0) is 24.5. The molecule has 1 aliphatic rings. The average Bonchev–Trinajstić information content (AvgIpc) is 3.60. The number of carbonyl (C=O) groups is 1. The first-order valence-corrected chi connectivity index (χ1v) is 14.1. The van der Waals surface area contributed by atoms with Crippen molar-refractivity contribution in [2.45, 2.75) is 37.1 Å². The van der Waals surface area contributed by atoms with Crippen LogP contribution in [0.1, 0.15) is 52.4 Å². The van der Waals surface area contributed by atoms with E-state index in [2.05, 4.69) is 48.7 Å². The molecular weight excluding hydrogens is 582 g/mol. The standard InChI is InChI=1S/C26H25Br2NO4S/c1-3-33-26(30)20-15-23(28)24(12-16(20)2)34(31,32)29-25(17-8-5-4-6-9-17)22-14-21(22)18-10-7-11-19(27)13-18/h4-13,15,21-22,25,29H,3,14H2,1-2H3. The summed E-state index contributed by atoms with van der Waals surface area (Å²) in [5.41, 5.74) is 2.99. The van der Waals surface area contributed by atoms with Gasteiger partial charge in [-0.1, -0.05) is 58.4 Å². The van der Waals surface area contributed by atoms with Crippen molar-refractivity contribution in [2.75, 3.05) is 6.61 Å². The Labute approximate surface area is 217 Å². The van der Waals surface area contributed by atoms with Crippen molar-refractivity contribution in [1.82, 2.24) is 4.72 Å². The van der Waals surface area contributed by atoms with Gasteiger partial charge in [0.25, 0.3) is 0 Å². The molecule has 0 bridgehead atoms. The van der Waals surface area contributed by atoms with Crippen LogP contribution < -0.4 is 4.72 Å². The fourth-order valence-corrected chi connectivity index (χ4v) is 7.11. The van der Waals surface area contributed by atoms with Gasteiger partial charge in [-0.3, -0.25) is 0 Å². The summed E-state index contributed by atoms with van der Waals surface area (Å²) in [5.74, 6) is -0.0819. The quantitative estimate of drug-likeness (QED) is 0.296. The number of halogens is 2. The number of sulfonamides is 1. The predicted octanol–water partition coefficient (Wildman–Crippen LogP) is 6.52. The molecule has 8 heteroatoms. The molecule has 34 heavy (non-hydrogen) atoms. The van der Waals surface area contributed by atoms with Gasteiger partial charge in [-0.25, -0.2) is 17.9 Å². The van der Waals surface area contributed by atoms with Crippen LogP contribution in [-0.2, 0) is 14.8 Å². The van der Waals surface area contributed by atoms with E-state index < -0.39 is 16.0 Å². The van der Waals surface area contributed by atoms with E-state index in [0.717, 1.165) is 16.5 Å². The van der Waals surface area contributed by atoms with Crippen LogP contribution in [-0.4, -0.2) is 21.0 Å². The Morgan fingerprint density at radius 3 is 2.50 bits per heavy atom. The minimum Gasteiger partial charge on any atom is -0.462 e. The van der Waals surface area contributed by atoms with E-state index in [-0.39, 0.29) is 29.4 Å². The van der Waals surface area contributed by atoms with E-state index >= 15 is 0 Å². The zero-order valence-corrected chi connectivity index (χ0v) is 22.8. The molecule has 4 rings (SSSR count). The molecule has 3 atom stereocenters. The third-order valence-corrected chi connectivity index (χ3v) is 8.94. The molecule has 5 nitrogen and oxygen atoms in total. The highest BCUT2D eigenvalue weighted by Crippen LogP contribution is 2.54. The summed E-state index contributed by atoms with van der Waals surface area (Å²) in [6.45, 7) is 3.68. The SMILES string of the molecule is CCOC(=O)c1cc(Br)c(S(=O)(=O)NC(c2ccccc2)C2CC2c2cccc(Br)c2)cc1C. The van der Waals surface area contributed by atoms with Gasteiger partial charge in [-0.05, 0) is 89.0 Å². The highest BCUT2D eigenvalue weighted by molar-refractivity contribution is 9.10. The Balaban J connectivity index is 1.66. The molecule has 0 aromatic heterocycles. The second kappa shape index (κ2) is 10.3. The normalized spacial score (nSPS) is 18.4. The number of benzene rings is 3. The highest BCUT2D eigenvalue weighted by atomic mass is 79.9. The van der Waals surface area contributed by atoms with Crippen molar-refractivity contribution in [3.05, 3.63) is 97.9 Å². The van der Waals surface area contributed by atoms with E-state index in [1.54, 1.807) is 13.8 Å². The monoisotopic (exact) mass is 605 g/mol. The molecule has 1 saturated carbocycles. The van der Waals surface area contributed by atoms with Crippen molar-refractivity contribution < 1.29 is 17.9 Å². The van der Waals surface area contributed by atoms with Crippen molar-refractivity contribution in [1.29, 1.82) is 0 Å². The van der Waals surface area contributed by atoms with Gasteiger partial charge in [-0.15, -0.1) is 0 Å². The Morgan fingerprint density at radius 1 is 1.09 bits per heavy atom. The Kier molecular flexibility index (Phi) is 7.62. The minimum absolute atomic E-state index is 0.0960. The lowest BCUT2D eigenvalue weighted by Gasteiger charge is -2.21.